The van der Waals surface area contributed by atoms with Crippen molar-refractivity contribution in [2.24, 2.45) is 17.8 Å². The summed E-state index contributed by atoms with van der Waals surface area (Å²) in [5.74, 6) is 1.35. The van der Waals surface area contributed by atoms with Crippen LogP contribution in [0.3, 0.4) is 0 Å². The fourth-order valence-corrected chi connectivity index (χ4v) is 3.18. The molecule has 0 N–H and O–H groups in total. The lowest BCUT2D eigenvalue weighted by Crippen LogP contribution is -2.34. The molecule has 0 aliphatic heterocycles. The highest BCUT2D eigenvalue weighted by Crippen LogP contribution is 2.44. The Morgan fingerprint density at radius 2 is 2.00 bits per heavy atom. The summed E-state index contributed by atoms with van der Waals surface area (Å²) >= 11 is 0. The summed E-state index contributed by atoms with van der Waals surface area (Å²) in [4.78, 5) is 11.8. The quantitative estimate of drug-likeness (QED) is 0.517. The molecule has 2 nitrogen and oxygen atoms in total. The standard InChI is InChI=1S/C11H18O2Si/c1-14(2,3)13-11(12)10-7-8-4-5-9(10)6-8/h4-5,8-10H,6-7H2,1-3H3. The predicted molar refractivity (Wildman–Crippen MR) is 58.3 cm³/mol. The Kier molecular flexibility index (Phi) is 2.30. The molecule has 2 aliphatic rings. The monoisotopic (exact) mass is 210 g/mol. The first-order valence-corrected chi connectivity index (χ1v) is 8.78. The van der Waals surface area contributed by atoms with E-state index in [1.807, 2.05) is 0 Å². The lowest BCUT2D eigenvalue weighted by atomic mass is 9.94. The van der Waals surface area contributed by atoms with Crippen LogP contribution in [0.5, 0.6) is 0 Å². The fraction of sp³-hybridized carbons (Fsp3) is 0.727. The Bertz CT molecular complexity index is 278. The zero-order valence-electron chi connectivity index (χ0n) is 9.12. The third-order valence-corrected chi connectivity index (χ3v) is 3.80. The normalized spacial score (nSPS) is 34.9. The third kappa shape index (κ3) is 1.92. The number of carbonyl (C=O) groups is 1. The maximum absolute atomic E-state index is 11.8. The van der Waals surface area contributed by atoms with Crippen LogP contribution in [-0.4, -0.2) is 14.3 Å². The van der Waals surface area contributed by atoms with Crippen molar-refractivity contribution in [3.8, 4) is 0 Å². The third-order valence-electron chi connectivity index (χ3n) is 2.99. The van der Waals surface area contributed by atoms with Crippen LogP contribution in [0.4, 0.5) is 0 Å². The maximum atomic E-state index is 11.8. The smallest absolute Gasteiger partial charge is 0.296 e. The van der Waals surface area contributed by atoms with Gasteiger partial charge in [0, 0.05) is 0 Å². The van der Waals surface area contributed by atoms with Gasteiger partial charge in [0.25, 0.3) is 5.97 Å². The average molecular weight is 210 g/mol. The molecule has 14 heavy (non-hydrogen) atoms. The largest absolute Gasteiger partial charge is 0.520 e. The highest BCUT2D eigenvalue weighted by molar-refractivity contribution is 6.71. The molecule has 3 heteroatoms. The Hall–Kier alpha value is -0.573. The van der Waals surface area contributed by atoms with Crippen LogP contribution >= 0.6 is 0 Å². The lowest BCUT2D eigenvalue weighted by molar-refractivity contribution is -0.140. The van der Waals surface area contributed by atoms with Crippen molar-refractivity contribution in [3.05, 3.63) is 12.2 Å². The van der Waals surface area contributed by atoms with Gasteiger partial charge in [0.2, 0.25) is 8.32 Å². The molecule has 3 unspecified atom stereocenters. The Labute approximate surface area is 86.5 Å². The van der Waals surface area contributed by atoms with E-state index in [2.05, 4.69) is 31.8 Å². The average Bonchev–Trinajstić information content (AvgIpc) is 2.59. The first-order chi connectivity index (χ1) is 6.46. The Morgan fingerprint density at radius 1 is 1.29 bits per heavy atom. The topological polar surface area (TPSA) is 26.3 Å². The highest BCUT2D eigenvalue weighted by atomic mass is 28.4. The summed E-state index contributed by atoms with van der Waals surface area (Å²) in [6, 6.07) is 0. The molecule has 0 aromatic rings. The molecule has 0 radical (unpaired) electrons. The van der Waals surface area contributed by atoms with Gasteiger partial charge in [-0.1, -0.05) is 12.2 Å². The van der Waals surface area contributed by atoms with Gasteiger partial charge in [0.1, 0.15) is 0 Å². The van der Waals surface area contributed by atoms with Gasteiger partial charge in [-0.2, -0.15) is 0 Å². The van der Waals surface area contributed by atoms with Crippen LogP contribution in [0, 0.1) is 17.8 Å². The second kappa shape index (κ2) is 3.23. The summed E-state index contributed by atoms with van der Waals surface area (Å²) in [7, 11) is -1.69. The lowest BCUT2D eigenvalue weighted by Gasteiger charge is -2.23. The molecule has 1 fully saturated rings. The van der Waals surface area contributed by atoms with Gasteiger partial charge in [0.15, 0.2) is 0 Å². The molecule has 0 aromatic carbocycles. The van der Waals surface area contributed by atoms with E-state index in [9.17, 15) is 4.79 Å². The molecule has 0 amide bonds. The molecule has 0 heterocycles. The summed E-state index contributed by atoms with van der Waals surface area (Å²) < 4.78 is 5.54. The molecular formula is C11H18O2Si. The highest BCUT2D eigenvalue weighted by Gasteiger charge is 2.41. The van der Waals surface area contributed by atoms with E-state index in [0.29, 0.717) is 11.8 Å². The zero-order chi connectivity index (χ0) is 10.3. The molecular weight excluding hydrogens is 192 g/mol. The van der Waals surface area contributed by atoms with Crippen LogP contribution in [0.2, 0.25) is 19.6 Å². The van der Waals surface area contributed by atoms with E-state index in [4.69, 9.17) is 4.43 Å². The van der Waals surface area contributed by atoms with E-state index in [0.717, 1.165) is 6.42 Å². The van der Waals surface area contributed by atoms with Crippen LogP contribution < -0.4 is 0 Å². The minimum absolute atomic E-state index is 0.0565. The van der Waals surface area contributed by atoms with Crippen molar-refractivity contribution >= 4 is 14.3 Å². The van der Waals surface area contributed by atoms with Crippen LogP contribution in [0.25, 0.3) is 0 Å². The number of hydrogen-bond donors (Lipinski definition) is 0. The van der Waals surface area contributed by atoms with Gasteiger partial charge >= 0.3 is 0 Å². The van der Waals surface area contributed by atoms with E-state index >= 15 is 0 Å². The Balaban J connectivity index is 1.97. The van der Waals surface area contributed by atoms with Crippen molar-refractivity contribution in [3.63, 3.8) is 0 Å². The van der Waals surface area contributed by atoms with E-state index in [1.54, 1.807) is 0 Å². The second-order valence-corrected chi connectivity index (χ2v) is 9.85. The van der Waals surface area contributed by atoms with Gasteiger partial charge in [-0.3, -0.25) is 4.79 Å². The molecule has 2 rings (SSSR count). The minimum Gasteiger partial charge on any atom is -0.520 e. The maximum Gasteiger partial charge on any atom is 0.296 e. The summed E-state index contributed by atoms with van der Waals surface area (Å²) in [6.07, 6.45) is 6.64. The molecule has 3 atom stereocenters. The number of fused-ring (bicyclic) bond motifs is 2. The van der Waals surface area contributed by atoms with E-state index in [-0.39, 0.29) is 11.9 Å². The predicted octanol–water partition coefficient (Wildman–Crippen LogP) is 2.58. The minimum atomic E-state index is -1.69. The van der Waals surface area contributed by atoms with Gasteiger partial charge in [-0.15, -0.1) is 0 Å². The molecule has 0 spiro atoms. The molecule has 2 bridgehead atoms. The van der Waals surface area contributed by atoms with Crippen molar-refractivity contribution in [2.45, 2.75) is 32.5 Å². The van der Waals surface area contributed by atoms with Gasteiger partial charge < -0.3 is 4.43 Å². The van der Waals surface area contributed by atoms with Gasteiger partial charge in [-0.25, -0.2) is 0 Å². The molecule has 0 saturated heterocycles. The van der Waals surface area contributed by atoms with Crippen LogP contribution in [0.15, 0.2) is 12.2 Å². The number of rotatable bonds is 2. The molecule has 2 aliphatic carbocycles. The fourth-order valence-electron chi connectivity index (χ4n) is 2.43. The number of hydrogen-bond acceptors (Lipinski definition) is 2. The van der Waals surface area contributed by atoms with Crippen molar-refractivity contribution in [1.82, 2.24) is 0 Å². The zero-order valence-corrected chi connectivity index (χ0v) is 10.1. The second-order valence-electron chi connectivity index (χ2n) is 5.42. The van der Waals surface area contributed by atoms with Crippen LogP contribution in [0.1, 0.15) is 12.8 Å². The molecule has 78 valence electrons. The Morgan fingerprint density at radius 3 is 2.43 bits per heavy atom. The SMILES string of the molecule is C[Si](C)(C)OC(=O)C1CC2C=CC1C2. The van der Waals surface area contributed by atoms with Crippen molar-refractivity contribution in [1.29, 1.82) is 0 Å². The van der Waals surface area contributed by atoms with E-state index in [1.165, 1.54) is 6.42 Å². The van der Waals surface area contributed by atoms with Gasteiger partial charge in [0.05, 0.1) is 5.92 Å². The van der Waals surface area contributed by atoms with Crippen LogP contribution in [-0.2, 0) is 9.22 Å². The number of allylic oxidation sites excluding steroid dienone is 2. The van der Waals surface area contributed by atoms with Crippen molar-refractivity contribution in [2.75, 3.05) is 0 Å². The summed E-state index contributed by atoms with van der Waals surface area (Å²) in [6.45, 7) is 6.19. The number of carbonyl (C=O) groups excluding carboxylic acids is 1. The van der Waals surface area contributed by atoms with Gasteiger partial charge in [-0.05, 0) is 44.3 Å². The summed E-state index contributed by atoms with van der Waals surface area (Å²) in [5.41, 5.74) is 0. The molecule has 0 aromatic heterocycles. The first-order valence-electron chi connectivity index (χ1n) is 5.37. The van der Waals surface area contributed by atoms with Crippen molar-refractivity contribution < 1.29 is 9.22 Å². The van der Waals surface area contributed by atoms with E-state index < -0.39 is 8.32 Å². The first kappa shape index (κ1) is 9.96. The molecule has 1 saturated carbocycles. The summed E-state index contributed by atoms with van der Waals surface area (Å²) in [5, 5.41) is 0.